The molecule has 0 aromatic heterocycles. The third-order valence-electron chi connectivity index (χ3n) is 3.24. The Kier molecular flexibility index (Phi) is 5.14. The molecule has 2 aromatic rings. The first-order chi connectivity index (χ1) is 11.4. The van der Waals surface area contributed by atoms with E-state index < -0.39 is 33.5 Å². The van der Waals surface area contributed by atoms with Gasteiger partial charge in [-0.2, -0.15) is 26.3 Å². The van der Waals surface area contributed by atoms with E-state index in [1.807, 2.05) is 0 Å². The number of alkyl halides is 6. The van der Waals surface area contributed by atoms with Crippen LogP contribution in [0.15, 0.2) is 53.4 Å². The summed E-state index contributed by atoms with van der Waals surface area (Å²) in [5, 5.41) is 0. The quantitative estimate of drug-likeness (QED) is 0.805. The van der Waals surface area contributed by atoms with E-state index >= 15 is 0 Å². The number of halogens is 6. The Balaban J connectivity index is 2.09. The van der Waals surface area contributed by atoms with Crippen LogP contribution in [0.2, 0.25) is 0 Å². The maximum Gasteiger partial charge on any atom is 0.416 e. The van der Waals surface area contributed by atoms with E-state index in [1.165, 1.54) is 0 Å². The van der Waals surface area contributed by atoms with Crippen LogP contribution in [-0.4, -0.2) is 8.42 Å². The van der Waals surface area contributed by atoms with Crippen molar-refractivity contribution in [3.63, 3.8) is 0 Å². The van der Waals surface area contributed by atoms with Crippen LogP contribution < -0.4 is 4.72 Å². The third kappa shape index (κ3) is 4.95. The predicted octanol–water partition coefficient (Wildman–Crippen LogP) is 4.20. The van der Waals surface area contributed by atoms with Crippen molar-refractivity contribution >= 4 is 10.0 Å². The van der Waals surface area contributed by atoms with Crippen LogP contribution in [0.25, 0.3) is 0 Å². The van der Waals surface area contributed by atoms with Crippen LogP contribution in [0.4, 0.5) is 26.3 Å². The fourth-order valence-electron chi connectivity index (χ4n) is 1.90. The van der Waals surface area contributed by atoms with Gasteiger partial charge in [0.05, 0.1) is 16.0 Å². The number of nitrogens with one attached hydrogen (secondary N) is 1. The first-order valence-electron chi connectivity index (χ1n) is 6.73. The van der Waals surface area contributed by atoms with E-state index in [9.17, 15) is 34.8 Å². The number of sulfonamides is 1. The van der Waals surface area contributed by atoms with Gasteiger partial charge in [0, 0.05) is 6.54 Å². The van der Waals surface area contributed by atoms with Crippen molar-refractivity contribution in [3.8, 4) is 0 Å². The molecule has 0 heterocycles. The molecule has 136 valence electrons. The lowest BCUT2D eigenvalue weighted by atomic mass is 10.1. The summed E-state index contributed by atoms with van der Waals surface area (Å²) in [6, 6.07) is 6.70. The van der Waals surface area contributed by atoms with Crippen LogP contribution in [0, 0.1) is 0 Å². The molecule has 0 radical (unpaired) electrons. The fourth-order valence-corrected chi connectivity index (χ4v) is 2.91. The second kappa shape index (κ2) is 6.68. The molecule has 3 nitrogen and oxygen atoms in total. The Morgan fingerprint density at radius 2 is 1.12 bits per heavy atom. The predicted molar refractivity (Wildman–Crippen MR) is 76.9 cm³/mol. The number of hydrogen-bond acceptors (Lipinski definition) is 2. The summed E-state index contributed by atoms with van der Waals surface area (Å²) in [6.45, 7) is -0.304. The van der Waals surface area contributed by atoms with E-state index in [0.29, 0.717) is 12.1 Å². The summed E-state index contributed by atoms with van der Waals surface area (Å²) >= 11 is 0. The highest BCUT2D eigenvalue weighted by molar-refractivity contribution is 7.89. The van der Waals surface area contributed by atoms with Gasteiger partial charge < -0.3 is 0 Å². The van der Waals surface area contributed by atoms with E-state index in [0.717, 1.165) is 36.4 Å². The zero-order valence-corrected chi connectivity index (χ0v) is 13.1. The zero-order valence-electron chi connectivity index (χ0n) is 12.3. The summed E-state index contributed by atoms with van der Waals surface area (Å²) in [4.78, 5) is -0.382. The van der Waals surface area contributed by atoms with Crippen molar-refractivity contribution in [2.24, 2.45) is 0 Å². The van der Waals surface area contributed by atoms with Crippen molar-refractivity contribution < 1.29 is 34.8 Å². The minimum atomic E-state index is -4.59. The summed E-state index contributed by atoms with van der Waals surface area (Å²) in [7, 11) is -4.10. The highest BCUT2D eigenvalue weighted by Gasteiger charge is 2.31. The lowest BCUT2D eigenvalue weighted by Crippen LogP contribution is -2.23. The van der Waals surface area contributed by atoms with Gasteiger partial charge in [0.25, 0.3) is 0 Å². The molecule has 2 rings (SSSR count). The molecule has 0 atom stereocenters. The van der Waals surface area contributed by atoms with Crippen molar-refractivity contribution in [1.82, 2.24) is 4.72 Å². The Morgan fingerprint density at radius 1 is 0.720 bits per heavy atom. The second-order valence-electron chi connectivity index (χ2n) is 5.04. The third-order valence-corrected chi connectivity index (χ3v) is 4.66. The highest BCUT2D eigenvalue weighted by atomic mass is 32.2. The van der Waals surface area contributed by atoms with Crippen LogP contribution in [0.3, 0.4) is 0 Å². The molecule has 1 N–H and O–H groups in total. The first-order valence-corrected chi connectivity index (χ1v) is 8.21. The molecule has 0 aliphatic heterocycles. The molecule has 0 bridgehead atoms. The van der Waals surface area contributed by atoms with E-state index in [1.54, 1.807) is 0 Å². The lowest BCUT2D eigenvalue weighted by molar-refractivity contribution is -0.138. The molecule has 2 aromatic carbocycles. The Bertz CT molecular complexity index is 824. The highest BCUT2D eigenvalue weighted by Crippen LogP contribution is 2.30. The van der Waals surface area contributed by atoms with Crippen molar-refractivity contribution in [1.29, 1.82) is 0 Å². The van der Waals surface area contributed by atoms with Crippen LogP contribution >= 0.6 is 0 Å². The van der Waals surface area contributed by atoms with Gasteiger partial charge in [-0.3, -0.25) is 0 Å². The summed E-state index contributed by atoms with van der Waals surface area (Å²) < 4.78 is 101. The van der Waals surface area contributed by atoms with Crippen molar-refractivity contribution in [3.05, 3.63) is 65.2 Å². The monoisotopic (exact) mass is 383 g/mol. The number of rotatable bonds is 4. The molecule has 0 amide bonds. The van der Waals surface area contributed by atoms with Gasteiger partial charge in [0.1, 0.15) is 0 Å². The largest absolute Gasteiger partial charge is 0.416 e. The molecule has 10 heteroatoms. The Hall–Kier alpha value is -2.07. The normalized spacial score (nSPS) is 13.0. The molecular weight excluding hydrogens is 372 g/mol. The van der Waals surface area contributed by atoms with E-state index in [2.05, 4.69) is 4.72 Å². The average Bonchev–Trinajstić information content (AvgIpc) is 2.52. The van der Waals surface area contributed by atoms with Gasteiger partial charge in [-0.05, 0) is 42.0 Å². The summed E-state index contributed by atoms with van der Waals surface area (Å²) in [6.07, 6.45) is -9.09. The van der Waals surface area contributed by atoms with Gasteiger partial charge in [-0.1, -0.05) is 12.1 Å². The second-order valence-corrected chi connectivity index (χ2v) is 6.81. The van der Waals surface area contributed by atoms with E-state index in [4.69, 9.17) is 0 Å². The molecule has 25 heavy (non-hydrogen) atoms. The van der Waals surface area contributed by atoms with Gasteiger partial charge in [0.15, 0.2) is 0 Å². The lowest BCUT2D eigenvalue weighted by Gasteiger charge is -2.10. The van der Waals surface area contributed by atoms with E-state index in [-0.39, 0.29) is 17.0 Å². The summed E-state index contributed by atoms with van der Waals surface area (Å²) in [5.74, 6) is 0. The van der Waals surface area contributed by atoms with Crippen LogP contribution in [-0.2, 0) is 28.9 Å². The molecule has 0 fully saturated rings. The molecule has 0 aliphatic carbocycles. The van der Waals surface area contributed by atoms with Crippen molar-refractivity contribution in [2.45, 2.75) is 23.8 Å². The fraction of sp³-hybridized carbons (Fsp3) is 0.200. The van der Waals surface area contributed by atoms with Crippen LogP contribution in [0.1, 0.15) is 16.7 Å². The van der Waals surface area contributed by atoms with Gasteiger partial charge in [0.2, 0.25) is 10.0 Å². The number of benzene rings is 2. The summed E-state index contributed by atoms with van der Waals surface area (Å²) in [5.41, 5.74) is -1.60. The molecular formula is C15H11F6NO2S. The molecule has 0 spiro atoms. The van der Waals surface area contributed by atoms with Gasteiger partial charge in [-0.25, -0.2) is 13.1 Å². The minimum Gasteiger partial charge on any atom is -0.207 e. The number of hydrogen-bond donors (Lipinski definition) is 1. The Labute approximate surface area is 139 Å². The van der Waals surface area contributed by atoms with Crippen LogP contribution in [0.5, 0.6) is 0 Å². The van der Waals surface area contributed by atoms with Gasteiger partial charge >= 0.3 is 12.4 Å². The molecule has 0 aliphatic rings. The molecule has 0 saturated carbocycles. The Morgan fingerprint density at radius 3 is 1.52 bits per heavy atom. The van der Waals surface area contributed by atoms with Gasteiger partial charge in [-0.15, -0.1) is 0 Å². The topological polar surface area (TPSA) is 46.2 Å². The first kappa shape index (κ1) is 19.3. The molecule has 0 saturated heterocycles. The minimum absolute atomic E-state index is 0.267. The smallest absolute Gasteiger partial charge is 0.207 e. The average molecular weight is 383 g/mol. The SMILES string of the molecule is O=S(=O)(NCc1ccc(C(F)(F)F)cc1)c1ccc(C(F)(F)F)cc1. The zero-order chi connectivity index (χ0) is 18.9. The maximum absolute atomic E-state index is 12.5. The standard InChI is InChI=1S/C15H11F6NO2S/c16-14(17,18)11-3-1-10(2-4-11)9-22-25(23,24)13-7-5-12(6-8-13)15(19,20)21/h1-8,22H,9H2. The van der Waals surface area contributed by atoms with Crippen molar-refractivity contribution in [2.75, 3.05) is 0 Å². The molecule has 0 unspecified atom stereocenters. The maximum atomic E-state index is 12.5.